The average Bonchev–Trinajstić information content (AvgIpc) is 3.76. The molecule has 3 aliphatic heterocycles. The third-order valence-corrected chi connectivity index (χ3v) is 9.16. The minimum Gasteiger partial charge on any atom is -0.374 e. The van der Waals surface area contributed by atoms with Gasteiger partial charge in [0.1, 0.15) is 17.6 Å². The van der Waals surface area contributed by atoms with Crippen molar-refractivity contribution in [3.63, 3.8) is 0 Å². The summed E-state index contributed by atoms with van der Waals surface area (Å²) in [4.78, 5) is 22.4. The molecule has 0 spiro atoms. The first-order chi connectivity index (χ1) is 19.9. The molecular weight excluding hydrogens is 537 g/mol. The zero-order valence-corrected chi connectivity index (χ0v) is 22.8. The van der Waals surface area contributed by atoms with Gasteiger partial charge in [-0.15, -0.1) is 0 Å². The van der Waals surface area contributed by atoms with Crippen molar-refractivity contribution in [2.24, 2.45) is 5.92 Å². The second kappa shape index (κ2) is 10.9. The van der Waals surface area contributed by atoms with E-state index in [1.54, 1.807) is 10.9 Å². The molecular formula is C28H35F3N8O2. The molecule has 3 aromatic heterocycles. The number of halogens is 3. The number of rotatable bonds is 7. The predicted octanol–water partition coefficient (Wildman–Crippen LogP) is 4.26. The monoisotopic (exact) mass is 572 g/mol. The van der Waals surface area contributed by atoms with Crippen LogP contribution in [-0.2, 0) is 4.74 Å². The molecule has 2 bridgehead atoms. The van der Waals surface area contributed by atoms with E-state index in [9.17, 15) is 18.0 Å². The summed E-state index contributed by atoms with van der Waals surface area (Å²) in [6, 6.07) is 2.10. The van der Waals surface area contributed by atoms with Crippen molar-refractivity contribution < 1.29 is 22.7 Å². The van der Waals surface area contributed by atoms with E-state index < -0.39 is 24.2 Å². The van der Waals surface area contributed by atoms with Gasteiger partial charge in [0.15, 0.2) is 11.3 Å². The molecule has 4 aliphatic rings. The molecule has 1 amide bonds. The number of morpholine rings is 1. The second-order valence-corrected chi connectivity index (χ2v) is 11.9. The van der Waals surface area contributed by atoms with Crippen LogP contribution in [0, 0.1) is 5.92 Å². The number of nitrogens with zero attached hydrogens (tertiary/aromatic N) is 7. The van der Waals surface area contributed by atoms with Crippen LogP contribution in [0.15, 0.2) is 24.7 Å². The van der Waals surface area contributed by atoms with Crippen molar-refractivity contribution in [2.45, 2.75) is 75.7 Å². The fourth-order valence-corrected chi connectivity index (χ4v) is 7.02. The highest BCUT2D eigenvalue weighted by atomic mass is 19.3. The van der Waals surface area contributed by atoms with Crippen LogP contribution in [0.3, 0.4) is 0 Å². The van der Waals surface area contributed by atoms with E-state index in [1.807, 2.05) is 6.07 Å². The van der Waals surface area contributed by atoms with Crippen molar-refractivity contribution in [1.29, 1.82) is 0 Å². The maximum absolute atomic E-state index is 14.0. The molecule has 4 fully saturated rings. The number of aromatic nitrogens is 5. The number of likely N-dealkylation sites (tertiary alicyclic amines) is 1. The van der Waals surface area contributed by atoms with Gasteiger partial charge in [0.2, 0.25) is 0 Å². The average molecular weight is 573 g/mol. The summed E-state index contributed by atoms with van der Waals surface area (Å²) in [6.07, 6.45) is 7.29. The maximum atomic E-state index is 14.0. The molecule has 1 aliphatic carbocycles. The summed E-state index contributed by atoms with van der Waals surface area (Å²) in [6.45, 7) is 3.75. The summed E-state index contributed by atoms with van der Waals surface area (Å²) in [5, 5.41) is 11.1. The Morgan fingerprint density at radius 3 is 2.73 bits per heavy atom. The predicted molar refractivity (Wildman–Crippen MR) is 145 cm³/mol. The Balaban J connectivity index is 1.04. The molecule has 3 saturated heterocycles. The minimum atomic E-state index is -2.84. The van der Waals surface area contributed by atoms with Crippen molar-refractivity contribution in [2.75, 3.05) is 43.0 Å². The molecule has 41 heavy (non-hydrogen) atoms. The Bertz CT molecular complexity index is 1400. The van der Waals surface area contributed by atoms with Gasteiger partial charge in [-0.25, -0.2) is 22.7 Å². The van der Waals surface area contributed by atoms with E-state index in [1.165, 1.54) is 16.9 Å². The lowest BCUT2D eigenvalue weighted by atomic mass is 9.85. The molecule has 0 aromatic carbocycles. The van der Waals surface area contributed by atoms with Gasteiger partial charge in [-0.2, -0.15) is 10.2 Å². The second-order valence-electron chi connectivity index (χ2n) is 11.9. The van der Waals surface area contributed by atoms with Gasteiger partial charge < -0.3 is 19.9 Å². The Morgan fingerprint density at radius 2 is 2.00 bits per heavy atom. The summed E-state index contributed by atoms with van der Waals surface area (Å²) in [7, 11) is 0. The van der Waals surface area contributed by atoms with Gasteiger partial charge in [0.25, 0.3) is 12.3 Å². The maximum Gasteiger partial charge on any atom is 0.284 e. The standard InChI is InChI=1S/C28H35F3N8O2/c29-18-2-1-8-36(13-18)12-17-3-5-19(6-4-17)39-15-23(25(35-39)26(30)31)33-28(40)22-11-32-38-9-7-24(34-27(22)38)37-14-21-10-20(37)16-41-21/h7,9,11,15,17-21,26H,1-6,8,10,12-14,16H2,(H,33,40)/t17-,18-,19-,20-,21-/m1/s1. The number of fused-ring (bicyclic) bond motifs is 3. The first-order valence-electron chi connectivity index (χ1n) is 14.7. The topological polar surface area (TPSA) is 92.8 Å². The number of carbonyl (C=O) groups excluding carboxylic acids is 1. The van der Waals surface area contributed by atoms with Crippen LogP contribution in [0.4, 0.5) is 24.7 Å². The Hall–Kier alpha value is -3.19. The van der Waals surface area contributed by atoms with Crippen LogP contribution in [-0.4, -0.2) is 86.3 Å². The van der Waals surface area contributed by atoms with Crippen molar-refractivity contribution in [1.82, 2.24) is 29.3 Å². The molecule has 1 N–H and O–H groups in total. The summed E-state index contributed by atoms with van der Waals surface area (Å²) in [5.41, 5.74) is 0.120. The highest BCUT2D eigenvalue weighted by molar-refractivity contribution is 6.08. The minimum absolute atomic E-state index is 0.000987. The first kappa shape index (κ1) is 26.7. The normalized spacial score (nSPS) is 28.7. The van der Waals surface area contributed by atoms with Gasteiger partial charge in [-0.05, 0) is 63.5 Å². The number of hydrogen-bond acceptors (Lipinski definition) is 7. The third-order valence-electron chi connectivity index (χ3n) is 9.16. The van der Waals surface area contributed by atoms with Crippen LogP contribution in [0.1, 0.15) is 73.5 Å². The lowest BCUT2D eigenvalue weighted by Crippen LogP contribution is -2.40. The van der Waals surface area contributed by atoms with Crippen molar-refractivity contribution in [3.05, 3.63) is 35.9 Å². The van der Waals surface area contributed by atoms with Gasteiger partial charge in [-0.3, -0.25) is 9.48 Å². The van der Waals surface area contributed by atoms with Crippen LogP contribution in [0.5, 0.6) is 0 Å². The molecule has 0 radical (unpaired) electrons. The smallest absolute Gasteiger partial charge is 0.284 e. The zero-order chi connectivity index (χ0) is 28.1. The van der Waals surface area contributed by atoms with E-state index >= 15 is 0 Å². The number of nitrogens with one attached hydrogen (secondary N) is 1. The van der Waals surface area contributed by atoms with E-state index in [0.29, 0.717) is 31.1 Å². The number of hydrogen-bond donors (Lipinski definition) is 1. The molecule has 1 saturated carbocycles. The Kier molecular flexibility index (Phi) is 7.10. The molecule has 10 nitrogen and oxygen atoms in total. The number of alkyl halides is 3. The van der Waals surface area contributed by atoms with Gasteiger partial charge in [0, 0.05) is 32.0 Å². The van der Waals surface area contributed by atoms with Crippen molar-refractivity contribution in [3.8, 4) is 0 Å². The summed E-state index contributed by atoms with van der Waals surface area (Å²) in [5.74, 6) is 0.648. The summed E-state index contributed by atoms with van der Waals surface area (Å²) < 4.78 is 50.6. The third kappa shape index (κ3) is 5.29. The van der Waals surface area contributed by atoms with E-state index in [-0.39, 0.29) is 29.4 Å². The lowest BCUT2D eigenvalue weighted by molar-refractivity contribution is 0.0988. The fraction of sp³-hybridized carbons (Fsp3) is 0.643. The number of ether oxygens (including phenoxy) is 1. The zero-order valence-electron chi connectivity index (χ0n) is 22.8. The molecule has 6 heterocycles. The molecule has 0 unspecified atom stereocenters. The van der Waals surface area contributed by atoms with Gasteiger partial charge in [-0.1, -0.05) is 0 Å². The highest BCUT2D eigenvalue weighted by Gasteiger charge is 2.40. The van der Waals surface area contributed by atoms with Gasteiger partial charge in [0.05, 0.1) is 36.7 Å². The number of anilines is 2. The lowest BCUT2D eigenvalue weighted by Gasteiger charge is -2.35. The highest BCUT2D eigenvalue weighted by Crippen LogP contribution is 2.36. The fourth-order valence-electron chi connectivity index (χ4n) is 7.02. The number of amides is 1. The van der Waals surface area contributed by atoms with Crippen LogP contribution >= 0.6 is 0 Å². The molecule has 7 rings (SSSR count). The number of carbonyl (C=O) groups is 1. The van der Waals surface area contributed by atoms with Crippen LogP contribution < -0.4 is 10.2 Å². The van der Waals surface area contributed by atoms with Gasteiger partial charge >= 0.3 is 0 Å². The quantitative estimate of drug-likeness (QED) is 0.452. The van der Waals surface area contributed by atoms with Crippen molar-refractivity contribution >= 4 is 23.1 Å². The van der Waals surface area contributed by atoms with E-state index in [4.69, 9.17) is 9.72 Å². The van der Waals surface area contributed by atoms with E-state index in [0.717, 1.165) is 64.0 Å². The van der Waals surface area contributed by atoms with Crippen LogP contribution in [0.2, 0.25) is 0 Å². The molecule has 3 aromatic rings. The molecule has 220 valence electrons. The van der Waals surface area contributed by atoms with Crippen LogP contribution in [0.25, 0.3) is 5.65 Å². The molecule has 3 atom stereocenters. The largest absolute Gasteiger partial charge is 0.374 e. The Morgan fingerprint density at radius 1 is 1.15 bits per heavy atom. The summed E-state index contributed by atoms with van der Waals surface area (Å²) >= 11 is 0. The SMILES string of the molecule is O=C(Nc1cn([C@H]2CC[C@H](CN3CCC[C@@H](F)C3)CC2)nc1C(F)F)c1cnn2ccc(N3C[C@H]4C[C@@H]3CO4)nc12. The van der Waals surface area contributed by atoms with E-state index in [2.05, 4.69) is 25.3 Å². The Labute approximate surface area is 235 Å². The first-order valence-corrected chi connectivity index (χ1v) is 14.7. The number of piperidine rings is 1. The molecule has 13 heteroatoms.